The molecule has 4 rings (SSSR count). The molecule has 0 fully saturated rings. The van der Waals surface area contributed by atoms with Gasteiger partial charge in [0.15, 0.2) is 5.76 Å². The number of nitrogens with zero attached hydrogens (tertiary/aromatic N) is 1. The molecule has 0 radical (unpaired) electrons. The summed E-state index contributed by atoms with van der Waals surface area (Å²) in [5.74, 6) is 0.102. The van der Waals surface area contributed by atoms with Gasteiger partial charge >= 0.3 is 0 Å². The number of nitrogens with one attached hydrogen (secondary N) is 1. The predicted molar refractivity (Wildman–Crippen MR) is 108 cm³/mol. The molecule has 2 heterocycles. The van der Waals surface area contributed by atoms with Gasteiger partial charge in [-0.3, -0.25) is 4.79 Å². The Bertz CT molecular complexity index is 1030. The van der Waals surface area contributed by atoms with Crippen molar-refractivity contribution in [2.45, 2.75) is 13.5 Å². The van der Waals surface area contributed by atoms with Crippen LogP contribution in [-0.4, -0.2) is 10.9 Å². The van der Waals surface area contributed by atoms with Gasteiger partial charge in [-0.1, -0.05) is 54.1 Å². The number of hydrogen-bond donors (Lipinski definition) is 1. The van der Waals surface area contributed by atoms with E-state index >= 15 is 0 Å². The van der Waals surface area contributed by atoms with Crippen molar-refractivity contribution < 1.29 is 9.21 Å². The highest BCUT2D eigenvalue weighted by Crippen LogP contribution is 2.29. The fourth-order valence-corrected chi connectivity index (χ4v) is 3.54. The third kappa shape index (κ3) is 3.99. The second-order valence-corrected chi connectivity index (χ2v) is 7.12. The molecule has 1 amide bonds. The van der Waals surface area contributed by atoms with Crippen LogP contribution in [0.25, 0.3) is 21.8 Å². The molecule has 1 N–H and O–H groups in total. The maximum Gasteiger partial charge on any atom is 0.287 e. The van der Waals surface area contributed by atoms with E-state index in [1.54, 1.807) is 23.5 Å². The van der Waals surface area contributed by atoms with Crippen molar-refractivity contribution in [1.82, 2.24) is 10.3 Å². The van der Waals surface area contributed by atoms with Crippen LogP contribution < -0.4 is 5.32 Å². The predicted octanol–water partition coefficient (Wildman–Crippen LogP) is 5.31. The van der Waals surface area contributed by atoms with E-state index in [2.05, 4.69) is 41.9 Å². The van der Waals surface area contributed by atoms with E-state index in [1.807, 2.05) is 24.3 Å². The quantitative estimate of drug-likeness (QED) is 0.515. The first-order chi connectivity index (χ1) is 13.2. The second-order valence-electron chi connectivity index (χ2n) is 6.26. The summed E-state index contributed by atoms with van der Waals surface area (Å²) in [5.41, 5.74) is 5.45. The van der Waals surface area contributed by atoms with Gasteiger partial charge in [-0.05, 0) is 24.6 Å². The summed E-state index contributed by atoms with van der Waals surface area (Å²) in [6, 6.07) is 19.8. The Morgan fingerprint density at radius 3 is 2.48 bits per heavy atom. The van der Waals surface area contributed by atoms with Gasteiger partial charge in [0.1, 0.15) is 5.01 Å². The van der Waals surface area contributed by atoms with E-state index in [0.29, 0.717) is 12.3 Å². The third-order valence-corrected chi connectivity index (χ3v) is 5.14. The number of amides is 1. The molecular formula is C22H18N2O2S. The van der Waals surface area contributed by atoms with Crippen molar-refractivity contribution in [1.29, 1.82) is 0 Å². The highest BCUT2D eigenvalue weighted by atomic mass is 32.1. The summed E-state index contributed by atoms with van der Waals surface area (Å²) >= 11 is 1.63. The first kappa shape index (κ1) is 17.2. The number of thiazole rings is 1. The van der Waals surface area contributed by atoms with Gasteiger partial charge in [0, 0.05) is 23.1 Å². The molecule has 134 valence electrons. The van der Waals surface area contributed by atoms with E-state index < -0.39 is 0 Å². The van der Waals surface area contributed by atoms with Crippen molar-refractivity contribution >= 4 is 17.2 Å². The molecule has 27 heavy (non-hydrogen) atoms. The van der Waals surface area contributed by atoms with Crippen LogP contribution in [-0.2, 0) is 6.54 Å². The lowest BCUT2D eigenvalue weighted by Crippen LogP contribution is -2.22. The zero-order chi connectivity index (χ0) is 18.6. The minimum atomic E-state index is -0.216. The van der Waals surface area contributed by atoms with Crippen LogP contribution in [0.1, 0.15) is 21.7 Å². The smallest absolute Gasteiger partial charge is 0.287 e. The van der Waals surface area contributed by atoms with Crippen LogP contribution in [0, 0.1) is 6.92 Å². The van der Waals surface area contributed by atoms with E-state index in [0.717, 1.165) is 27.4 Å². The van der Waals surface area contributed by atoms with E-state index in [4.69, 9.17) is 9.40 Å². The maximum atomic E-state index is 11.9. The third-order valence-electron chi connectivity index (χ3n) is 4.25. The Balaban J connectivity index is 1.43. The Morgan fingerprint density at radius 2 is 1.78 bits per heavy atom. The molecule has 0 saturated heterocycles. The number of furan rings is 1. The van der Waals surface area contributed by atoms with Crippen molar-refractivity contribution in [3.8, 4) is 21.8 Å². The fourth-order valence-electron chi connectivity index (χ4n) is 2.71. The average Bonchev–Trinajstić information content (AvgIpc) is 3.39. The molecule has 0 aliphatic heterocycles. The lowest BCUT2D eigenvalue weighted by atomic mass is 10.1. The van der Waals surface area contributed by atoms with Crippen LogP contribution in [0.3, 0.4) is 0 Å². The van der Waals surface area contributed by atoms with Crippen molar-refractivity contribution in [3.05, 3.63) is 89.2 Å². The summed E-state index contributed by atoms with van der Waals surface area (Å²) in [4.78, 5) is 16.7. The minimum Gasteiger partial charge on any atom is -0.459 e. The highest BCUT2D eigenvalue weighted by molar-refractivity contribution is 7.13. The van der Waals surface area contributed by atoms with Crippen LogP contribution >= 0.6 is 11.3 Å². The molecule has 0 aliphatic rings. The van der Waals surface area contributed by atoms with Crippen LogP contribution in [0.5, 0.6) is 0 Å². The lowest BCUT2D eigenvalue weighted by Gasteiger charge is -2.04. The van der Waals surface area contributed by atoms with E-state index in [1.165, 1.54) is 11.8 Å². The molecule has 0 bridgehead atoms. The SMILES string of the molecule is Cc1ccc(-c2csc(-c3ccc(CNC(=O)c4ccco4)cc3)n2)cc1. The minimum absolute atomic E-state index is 0.216. The summed E-state index contributed by atoms with van der Waals surface area (Å²) < 4.78 is 5.09. The Morgan fingerprint density at radius 1 is 1.04 bits per heavy atom. The number of carbonyl (C=O) groups is 1. The fraction of sp³-hybridized carbons (Fsp3) is 0.0909. The molecule has 0 aliphatic carbocycles. The largest absolute Gasteiger partial charge is 0.459 e. The zero-order valence-corrected chi connectivity index (χ0v) is 15.6. The molecular weight excluding hydrogens is 356 g/mol. The number of hydrogen-bond acceptors (Lipinski definition) is 4. The van der Waals surface area contributed by atoms with Crippen molar-refractivity contribution in [3.63, 3.8) is 0 Å². The summed E-state index contributed by atoms with van der Waals surface area (Å²) in [6.45, 7) is 2.53. The second kappa shape index (κ2) is 7.60. The zero-order valence-electron chi connectivity index (χ0n) is 14.8. The number of aromatic nitrogens is 1. The lowest BCUT2D eigenvalue weighted by molar-refractivity contribution is 0.0923. The van der Waals surface area contributed by atoms with Gasteiger partial charge in [-0.2, -0.15) is 0 Å². The standard InChI is InChI=1S/C22H18N2O2S/c1-15-4-8-17(9-5-15)19-14-27-22(24-19)18-10-6-16(7-11-18)13-23-21(25)20-3-2-12-26-20/h2-12,14H,13H2,1H3,(H,23,25). The Hall–Kier alpha value is -3.18. The molecule has 4 nitrogen and oxygen atoms in total. The maximum absolute atomic E-state index is 11.9. The average molecular weight is 374 g/mol. The molecule has 0 unspecified atom stereocenters. The molecule has 2 aromatic carbocycles. The number of benzene rings is 2. The van der Waals surface area contributed by atoms with Gasteiger partial charge in [0.05, 0.1) is 12.0 Å². The van der Waals surface area contributed by atoms with E-state index in [9.17, 15) is 4.79 Å². The molecule has 2 aromatic heterocycles. The number of rotatable bonds is 5. The van der Waals surface area contributed by atoms with Gasteiger partial charge in [-0.25, -0.2) is 4.98 Å². The summed E-state index contributed by atoms with van der Waals surface area (Å²) in [7, 11) is 0. The first-order valence-corrected chi connectivity index (χ1v) is 9.50. The van der Waals surface area contributed by atoms with Gasteiger partial charge in [0.2, 0.25) is 0 Å². The van der Waals surface area contributed by atoms with Gasteiger partial charge in [-0.15, -0.1) is 11.3 Å². The van der Waals surface area contributed by atoms with Crippen LogP contribution in [0.15, 0.2) is 76.7 Å². The van der Waals surface area contributed by atoms with Crippen molar-refractivity contribution in [2.24, 2.45) is 0 Å². The molecule has 0 spiro atoms. The highest BCUT2D eigenvalue weighted by Gasteiger charge is 2.09. The summed E-state index contributed by atoms with van der Waals surface area (Å²) in [6.07, 6.45) is 1.49. The number of carbonyl (C=O) groups excluding carboxylic acids is 1. The first-order valence-electron chi connectivity index (χ1n) is 8.62. The topological polar surface area (TPSA) is 55.1 Å². The Labute approximate surface area is 161 Å². The van der Waals surface area contributed by atoms with Gasteiger partial charge < -0.3 is 9.73 Å². The van der Waals surface area contributed by atoms with Crippen molar-refractivity contribution in [2.75, 3.05) is 0 Å². The number of aryl methyl sites for hydroxylation is 1. The molecule has 0 saturated carbocycles. The van der Waals surface area contributed by atoms with Crippen LogP contribution in [0.2, 0.25) is 0 Å². The van der Waals surface area contributed by atoms with E-state index in [-0.39, 0.29) is 5.91 Å². The van der Waals surface area contributed by atoms with Gasteiger partial charge in [0.25, 0.3) is 5.91 Å². The van der Waals surface area contributed by atoms with Crippen LogP contribution in [0.4, 0.5) is 0 Å². The monoisotopic (exact) mass is 374 g/mol. The molecule has 5 heteroatoms. The normalized spacial score (nSPS) is 10.7. The molecule has 0 atom stereocenters. The summed E-state index contributed by atoms with van der Waals surface area (Å²) in [5, 5.41) is 5.91. The molecule has 4 aromatic rings. The Kier molecular flexibility index (Phi) is 4.85.